The molecule has 30 heavy (non-hydrogen) atoms. The molecule has 2 amide bonds. The molecule has 1 aliphatic rings. The molecule has 4 rings (SSSR count). The number of anilines is 2. The van der Waals surface area contributed by atoms with Crippen LogP contribution in [0.1, 0.15) is 55.6 Å². The largest absolute Gasteiger partial charge is 0.322 e. The zero-order valence-electron chi connectivity index (χ0n) is 17.5. The molecule has 0 radical (unpaired) electrons. The smallest absolute Gasteiger partial charge is 0.258 e. The summed E-state index contributed by atoms with van der Waals surface area (Å²) in [7, 11) is 0. The van der Waals surface area contributed by atoms with E-state index < -0.39 is 0 Å². The Hall–Kier alpha value is -2.92. The van der Waals surface area contributed by atoms with E-state index in [0.717, 1.165) is 41.6 Å². The second-order valence-corrected chi connectivity index (χ2v) is 9.31. The normalized spacial score (nSPS) is 15.4. The first-order valence-electron chi connectivity index (χ1n) is 10.3. The maximum Gasteiger partial charge on any atom is 0.258 e. The third-order valence-corrected chi connectivity index (χ3v) is 6.65. The molecule has 4 nitrogen and oxygen atoms in total. The van der Waals surface area contributed by atoms with Gasteiger partial charge in [-0.1, -0.05) is 31.2 Å². The van der Waals surface area contributed by atoms with E-state index in [-0.39, 0.29) is 11.8 Å². The molecule has 0 fully saturated rings. The molecule has 154 valence electrons. The number of carbonyl (C=O) groups excluding carboxylic acids is 2. The van der Waals surface area contributed by atoms with Crippen LogP contribution in [0, 0.1) is 19.8 Å². The first kappa shape index (κ1) is 20.4. The summed E-state index contributed by atoms with van der Waals surface area (Å²) in [6, 6.07) is 15.1. The van der Waals surface area contributed by atoms with Crippen molar-refractivity contribution in [2.24, 2.45) is 5.92 Å². The Bertz CT molecular complexity index is 1080. The maximum absolute atomic E-state index is 13.3. The zero-order valence-corrected chi connectivity index (χ0v) is 18.4. The molecular formula is C25H26N2O2S. The van der Waals surface area contributed by atoms with Crippen molar-refractivity contribution in [2.45, 2.75) is 40.0 Å². The van der Waals surface area contributed by atoms with E-state index in [9.17, 15) is 9.59 Å². The number of rotatable bonds is 4. The highest BCUT2D eigenvalue weighted by Gasteiger charge is 2.28. The average Bonchev–Trinajstić information content (AvgIpc) is 3.04. The first-order chi connectivity index (χ1) is 14.4. The van der Waals surface area contributed by atoms with Gasteiger partial charge in [-0.15, -0.1) is 11.3 Å². The molecule has 1 aromatic heterocycles. The van der Waals surface area contributed by atoms with Crippen LogP contribution in [0.25, 0.3) is 0 Å². The average molecular weight is 419 g/mol. The fourth-order valence-corrected chi connectivity index (χ4v) is 5.49. The van der Waals surface area contributed by atoms with Gasteiger partial charge in [0, 0.05) is 16.1 Å². The van der Waals surface area contributed by atoms with Gasteiger partial charge >= 0.3 is 0 Å². The van der Waals surface area contributed by atoms with Crippen molar-refractivity contribution in [2.75, 3.05) is 10.6 Å². The Kier molecular flexibility index (Phi) is 5.73. The summed E-state index contributed by atoms with van der Waals surface area (Å²) >= 11 is 1.54. The molecule has 3 aromatic rings. The van der Waals surface area contributed by atoms with Gasteiger partial charge in [0.2, 0.25) is 0 Å². The lowest BCUT2D eigenvalue weighted by Gasteiger charge is -2.19. The summed E-state index contributed by atoms with van der Waals surface area (Å²) < 4.78 is 0. The molecule has 5 heteroatoms. The second-order valence-electron chi connectivity index (χ2n) is 8.21. The summed E-state index contributed by atoms with van der Waals surface area (Å²) in [6.07, 6.45) is 2.87. The van der Waals surface area contributed by atoms with E-state index >= 15 is 0 Å². The summed E-state index contributed by atoms with van der Waals surface area (Å²) in [6.45, 7) is 6.27. The lowest BCUT2D eigenvalue weighted by Crippen LogP contribution is -2.19. The summed E-state index contributed by atoms with van der Waals surface area (Å²) in [5, 5.41) is 6.71. The quantitative estimate of drug-likeness (QED) is 0.546. The summed E-state index contributed by atoms with van der Waals surface area (Å²) in [4.78, 5) is 27.3. The maximum atomic E-state index is 13.3. The topological polar surface area (TPSA) is 58.2 Å². The molecular weight excluding hydrogens is 392 g/mol. The standard InChI is InChI=1S/C25H26N2O2S/c1-15-9-10-20-21(14-15)30-25(27-23(28)18-7-5-4-6-8-18)22(20)24(29)26-19-12-16(2)11-17(3)13-19/h4-8,11-13,15H,9-10,14H2,1-3H3,(H,26,29)(H,27,28)/t15-/m0/s1. The highest BCUT2D eigenvalue weighted by molar-refractivity contribution is 7.17. The van der Waals surface area contributed by atoms with E-state index in [2.05, 4.69) is 23.6 Å². The molecule has 0 bridgehead atoms. The van der Waals surface area contributed by atoms with Crippen molar-refractivity contribution in [3.05, 3.63) is 81.2 Å². The second kappa shape index (κ2) is 8.44. The SMILES string of the molecule is Cc1cc(C)cc(NC(=O)c2c(NC(=O)c3ccccc3)sc3c2CC[C@H](C)C3)c1. The van der Waals surface area contributed by atoms with E-state index in [1.165, 1.54) is 4.88 Å². The first-order valence-corrected chi connectivity index (χ1v) is 11.1. The Balaban J connectivity index is 1.68. The van der Waals surface area contributed by atoms with Crippen LogP contribution in [0.3, 0.4) is 0 Å². The van der Waals surface area contributed by atoms with Crippen molar-refractivity contribution in [3.63, 3.8) is 0 Å². The molecule has 0 unspecified atom stereocenters. The van der Waals surface area contributed by atoms with Crippen LogP contribution in [-0.2, 0) is 12.8 Å². The van der Waals surface area contributed by atoms with Gasteiger partial charge in [-0.3, -0.25) is 9.59 Å². The molecule has 2 N–H and O–H groups in total. The van der Waals surface area contributed by atoms with Gasteiger partial charge in [-0.05, 0) is 80.0 Å². The number of carbonyl (C=O) groups is 2. The molecule has 1 aliphatic carbocycles. The molecule has 1 atom stereocenters. The van der Waals surface area contributed by atoms with Crippen molar-refractivity contribution in [1.29, 1.82) is 0 Å². The fraction of sp³-hybridized carbons (Fsp3) is 0.280. The van der Waals surface area contributed by atoms with Gasteiger partial charge in [0.05, 0.1) is 5.56 Å². The van der Waals surface area contributed by atoms with Gasteiger partial charge in [0.25, 0.3) is 11.8 Å². The zero-order chi connectivity index (χ0) is 21.3. The van der Waals surface area contributed by atoms with Crippen LogP contribution >= 0.6 is 11.3 Å². The van der Waals surface area contributed by atoms with Gasteiger partial charge < -0.3 is 10.6 Å². The van der Waals surface area contributed by atoms with Crippen LogP contribution in [0.2, 0.25) is 0 Å². The number of hydrogen-bond acceptors (Lipinski definition) is 3. The Morgan fingerprint density at radius 2 is 1.67 bits per heavy atom. The van der Waals surface area contributed by atoms with E-state index in [4.69, 9.17) is 0 Å². The molecule has 1 heterocycles. The third kappa shape index (κ3) is 4.31. The van der Waals surface area contributed by atoms with Gasteiger partial charge in [0.15, 0.2) is 0 Å². The monoisotopic (exact) mass is 418 g/mol. The molecule has 0 saturated carbocycles. The van der Waals surface area contributed by atoms with Crippen molar-refractivity contribution >= 4 is 33.8 Å². The van der Waals surface area contributed by atoms with Crippen LogP contribution in [0.4, 0.5) is 10.7 Å². The minimum atomic E-state index is -0.192. The predicted octanol–water partition coefficient (Wildman–Crippen LogP) is 5.99. The van der Waals surface area contributed by atoms with Crippen LogP contribution in [-0.4, -0.2) is 11.8 Å². The number of amides is 2. The van der Waals surface area contributed by atoms with E-state index in [1.807, 2.05) is 44.2 Å². The number of aryl methyl sites for hydroxylation is 2. The van der Waals surface area contributed by atoms with Crippen LogP contribution in [0.15, 0.2) is 48.5 Å². The Labute approximate surface area is 181 Å². The minimum Gasteiger partial charge on any atom is -0.322 e. The van der Waals surface area contributed by atoms with Crippen molar-refractivity contribution in [1.82, 2.24) is 0 Å². The summed E-state index contributed by atoms with van der Waals surface area (Å²) in [5.41, 5.74) is 5.27. The Morgan fingerprint density at radius 3 is 2.37 bits per heavy atom. The minimum absolute atomic E-state index is 0.157. The lowest BCUT2D eigenvalue weighted by atomic mass is 9.88. The number of thiophene rings is 1. The van der Waals surface area contributed by atoms with E-state index in [0.29, 0.717) is 22.0 Å². The van der Waals surface area contributed by atoms with Gasteiger partial charge in [-0.25, -0.2) is 0 Å². The highest BCUT2D eigenvalue weighted by atomic mass is 32.1. The molecule has 2 aromatic carbocycles. The van der Waals surface area contributed by atoms with Crippen LogP contribution in [0.5, 0.6) is 0 Å². The summed E-state index contributed by atoms with van der Waals surface area (Å²) in [5.74, 6) is 0.238. The van der Waals surface area contributed by atoms with Crippen molar-refractivity contribution in [3.8, 4) is 0 Å². The lowest BCUT2D eigenvalue weighted by molar-refractivity contribution is 0.102. The van der Waals surface area contributed by atoms with Crippen LogP contribution < -0.4 is 10.6 Å². The van der Waals surface area contributed by atoms with Gasteiger partial charge in [-0.2, -0.15) is 0 Å². The number of nitrogens with one attached hydrogen (secondary N) is 2. The number of hydrogen-bond donors (Lipinski definition) is 2. The van der Waals surface area contributed by atoms with Gasteiger partial charge in [0.1, 0.15) is 5.00 Å². The van der Waals surface area contributed by atoms with Crippen molar-refractivity contribution < 1.29 is 9.59 Å². The third-order valence-electron chi connectivity index (χ3n) is 5.48. The van der Waals surface area contributed by atoms with E-state index in [1.54, 1.807) is 23.5 Å². The Morgan fingerprint density at radius 1 is 0.967 bits per heavy atom. The predicted molar refractivity (Wildman–Crippen MR) is 124 cm³/mol. The molecule has 0 spiro atoms. The fourth-order valence-electron chi connectivity index (χ4n) is 4.08. The number of fused-ring (bicyclic) bond motifs is 1. The number of benzene rings is 2. The highest BCUT2D eigenvalue weighted by Crippen LogP contribution is 2.40. The molecule has 0 aliphatic heterocycles. The molecule has 0 saturated heterocycles.